The first-order valence-corrected chi connectivity index (χ1v) is 10.3. The highest BCUT2D eigenvalue weighted by Crippen LogP contribution is 2.52. The number of halogens is 2. The van der Waals surface area contributed by atoms with Gasteiger partial charge in [0.1, 0.15) is 0 Å². The molecule has 1 aliphatic carbocycles. The number of hydrogen-bond donors (Lipinski definition) is 0. The maximum Gasteiger partial charge on any atom is 0.0361 e. The fourth-order valence-electron chi connectivity index (χ4n) is 3.95. The summed E-state index contributed by atoms with van der Waals surface area (Å²) in [5.74, 6) is 0. The van der Waals surface area contributed by atoms with Gasteiger partial charge in [-0.15, -0.1) is 11.3 Å². The van der Waals surface area contributed by atoms with E-state index in [1.165, 1.54) is 42.4 Å². The van der Waals surface area contributed by atoms with Crippen molar-refractivity contribution in [2.45, 2.75) is 19.3 Å². The van der Waals surface area contributed by atoms with Crippen molar-refractivity contribution in [3.8, 4) is 11.1 Å². The lowest BCUT2D eigenvalue weighted by atomic mass is 9.82. The van der Waals surface area contributed by atoms with Gasteiger partial charge in [0, 0.05) is 34.5 Å². The first-order valence-electron chi connectivity index (χ1n) is 7.92. The van der Waals surface area contributed by atoms with Gasteiger partial charge in [0.05, 0.1) is 0 Å². The Hall–Kier alpha value is -1.16. The Morgan fingerprint density at radius 1 is 0.708 bits per heavy atom. The van der Waals surface area contributed by atoms with E-state index in [9.17, 15) is 0 Å². The maximum atomic E-state index is 3.64. The second kappa shape index (κ2) is 4.94. The molecule has 3 heteroatoms. The molecule has 0 saturated carbocycles. The molecule has 0 nitrogen and oxygen atoms in total. The zero-order valence-electron chi connectivity index (χ0n) is 13.3. The van der Waals surface area contributed by atoms with Crippen LogP contribution in [0.1, 0.15) is 25.0 Å². The molecular formula is C21H14Br2S. The van der Waals surface area contributed by atoms with Crippen LogP contribution in [-0.4, -0.2) is 0 Å². The molecule has 0 unspecified atom stereocenters. The summed E-state index contributed by atoms with van der Waals surface area (Å²) in [5.41, 5.74) is 5.64. The fraction of sp³-hybridized carbons (Fsp3) is 0.143. The Labute approximate surface area is 161 Å². The van der Waals surface area contributed by atoms with Gasteiger partial charge in [-0.3, -0.25) is 0 Å². The molecule has 1 aromatic heterocycles. The Bertz CT molecular complexity index is 1150. The third kappa shape index (κ3) is 1.95. The Kier molecular flexibility index (Phi) is 3.11. The van der Waals surface area contributed by atoms with Crippen molar-refractivity contribution in [1.82, 2.24) is 0 Å². The topological polar surface area (TPSA) is 0 Å². The largest absolute Gasteiger partial charge is 0.135 e. The maximum absolute atomic E-state index is 3.64. The van der Waals surface area contributed by atoms with Gasteiger partial charge in [-0.2, -0.15) is 0 Å². The van der Waals surface area contributed by atoms with Crippen LogP contribution < -0.4 is 0 Å². The summed E-state index contributed by atoms with van der Waals surface area (Å²) in [6.45, 7) is 4.67. The summed E-state index contributed by atoms with van der Waals surface area (Å²) >= 11 is 9.14. The van der Waals surface area contributed by atoms with Gasteiger partial charge in [-0.05, 0) is 64.7 Å². The van der Waals surface area contributed by atoms with Gasteiger partial charge in [0.2, 0.25) is 0 Å². The van der Waals surface area contributed by atoms with E-state index in [1.54, 1.807) is 0 Å². The summed E-state index contributed by atoms with van der Waals surface area (Å²) in [7, 11) is 0. The van der Waals surface area contributed by atoms with Crippen molar-refractivity contribution >= 4 is 63.4 Å². The zero-order chi connectivity index (χ0) is 16.6. The second-order valence-corrected chi connectivity index (χ2v) is 9.87. The number of rotatable bonds is 0. The summed E-state index contributed by atoms with van der Waals surface area (Å²) < 4.78 is 5.01. The number of hydrogen-bond acceptors (Lipinski definition) is 1. The molecule has 0 spiro atoms. The molecule has 118 valence electrons. The van der Waals surface area contributed by atoms with Gasteiger partial charge >= 0.3 is 0 Å². The van der Waals surface area contributed by atoms with E-state index in [0.717, 1.165) is 8.95 Å². The van der Waals surface area contributed by atoms with E-state index < -0.39 is 0 Å². The van der Waals surface area contributed by atoms with Crippen LogP contribution in [-0.2, 0) is 5.41 Å². The van der Waals surface area contributed by atoms with Crippen LogP contribution in [0.15, 0.2) is 57.5 Å². The predicted molar refractivity (Wildman–Crippen MR) is 112 cm³/mol. The van der Waals surface area contributed by atoms with E-state index >= 15 is 0 Å². The Morgan fingerprint density at radius 2 is 1.38 bits per heavy atom. The molecule has 1 aliphatic rings. The minimum atomic E-state index is 0.0307. The minimum Gasteiger partial charge on any atom is -0.135 e. The van der Waals surface area contributed by atoms with Crippen molar-refractivity contribution in [2.75, 3.05) is 0 Å². The molecule has 0 atom stereocenters. The van der Waals surface area contributed by atoms with Crippen molar-refractivity contribution in [3.63, 3.8) is 0 Å². The van der Waals surface area contributed by atoms with Crippen LogP contribution in [0.25, 0.3) is 31.3 Å². The summed E-state index contributed by atoms with van der Waals surface area (Å²) in [6.07, 6.45) is 0. The monoisotopic (exact) mass is 456 g/mol. The van der Waals surface area contributed by atoms with Crippen LogP contribution in [0.3, 0.4) is 0 Å². The molecule has 1 heterocycles. The molecule has 24 heavy (non-hydrogen) atoms. The highest BCUT2D eigenvalue weighted by Gasteiger charge is 2.36. The van der Waals surface area contributed by atoms with Crippen molar-refractivity contribution < 1.29 is 0 Å². The van der Waals surface area contributed by atoms with E-state index in [4.69, 9.17) is 0 Å². The number of fused-ring (bicyclic) bond motifs is 6. The van der Waals surface area contributed by atoms with E-state index in [-0.39, 0.29) is 5.41 Å². The van der Waals surface area contributed by atoms with Gasteiger partial charge < -0.3 is 0 Å². The van der Waals surface area contributed by atoms with Gasteiger partial charge in [0.15, 0.2) is 0 Å². The summed E-state index contributed by atoms with van der Waals surface area (Å²) in [5, 5.41) is 2.72. The van der Waals surface area contributed by atoms with Gasteiger partial charge in [-0.1, -0.05) is 51.8 Å². The summed E-state index contributed by atoms with van der Waals surface area (Å²) in [4.78, 5) is 0. The molecule has 3 aromatic carbocycles. The lowest BCUT2D eigenvalue weighted by Gasteiger charge is -2.21. The van der Waals surface area contributed by atoms with Crippen LogP contribution >= 0.6 is 43.2 Å². The van der Waals surface area contributed by atoms with E-state index in [2.05, 4.69) is 94.2 Å². The van der Waals surface area contributed by atoms with Crippen LogP contribution in [0.2, 0.25) is 0 Å². The smallest absolute Gasteiger partial charge is 0.0361 e. The van der Waals surface area contributed by atoms with Crippen molar-refractivity contribution in [3.05, 3.63) is 68.6 Å². The number of benzene rings is 3. The molecule has 4 aromatic rings. The fourth-order valence-corrected chi connectivity index (χ4v) is 5.78. The molecule has 0 N–H and O–H groups in total. The second-order valence-electron chi connectivity index (χ2n) is 6.95. The quantitative estimate of drug-likeness (QED) is 0.252. The van der Waals surface area contributed by atoms with Crippen LogP contribution in [0.4, 0.5) is 0 Å². The molecule has 0 bridgehead atoms. The molecular weight excluding hydrogens is 444 g/mol. The van der Waals surface area contributed by atoms with Crippen molar-refractivity contribution in [1.29, 1.82) is 0 Å². The van der Waals surface area contributed by atoms with Crippen LogP contribution in [0.5, 0.6) is 0 Å². The molecule has 0 fully saturated rings. The van der Waals surface area contributed by atoms with Gasteiger partial charge in [0.25, 0.3) is 0 Å². The standard InChI is InChI=1S/C21H14Br2S/c1-21(2)17-8-12(23)3-5-13(17)14-10-20-16(9-18(14)21)15-7-11(22)4-6-19(15)24-20/h3-10H,1-2H3. The highest BCUT2D eigenvalue weighted by atomic mass is 79.9. The molecule has 5 rings (SSSR count). The molecule has 0 saturated heterocycles. The van der Waals surface area contributed by atoms with Gasteiger partial charge in [-0.25, -0.2) is 0 Å². The number of thiophene rings is 1. The van der Waals surface area contributed by atoms with E-state index in [1.807, 2.05) is 11.3 Å². The van der Waals surface area contributed by atoms with Crippen molar-refractivity contribution in [2.24, 2.45) is 0 Å². The normalized spacial score (nSPS) is 15.0. The lowest BCUT2D eigenvalue weighted by Crippen LogP contribution is -2.14. The molecule has 0 aliphatic heterocycles. The Morgan fingerprint density at radius 3 is 2.21 bits per heavy atom. The first kappa shape index (κ1) is 15.1. The average Bonchev–Trinajstić information content (AvgIpc) is 2.99. The third-order valence-electron chi connectivity index (χ3n) is 5.19. The molecule has 0 radical (unpaired) electrons. The third-order valence-corrected chi connectivity index (χ3v) is 7.31. The predicted octanol–water partition coefficient (Wildman–Crippen LogP) is 7.89. The Balaban J connectivity index is 1.91. The summed E-state index contributed by atoms with van der Waals surface area (Å²) in [6, 6.07) is 18.1. The zero-order valence-corrected chi connectivity index (χ0v) is 17.3. The first-order chi connectivity index (χ1) is 11.4. The average molecular weight is 458 g/mol. The minimum absolute atomic E-state index is 0.0307. The lowest BCUT2D eigenvalue weighted by molar-refractivity contribution is 0.661. The van der Waals surface area contributed by atoms with Crippen LogP contribution in [0, 0.1) is 0 Å². The molecule has 0 amide bonds. The SMILES string of the molecule is CC1(C)c2cc(Br)ccc2-c2cc3sc4ccc(Br)cc4c3cc21. The van der Waals surface area contributed by atoms with E-state index in [0.29, 0.717) is 0 Å². The highest BCUT2D eigenvalue weighted by molar-refractivity contribution is 9.10.